The zero-order valence-electron chi connectivity index (χ0n) is 10.2. The number of hydrogen-bond acceptors (Lipinski definition) is 3. The first kappa shape index (κ1) is 15.3. The molecule has 2 aromatic rings. The molecule has 0 aliphatic rings. The molecule has 0 aromatic carbocycles. The number of amides is 1. The van der Waals surface area contributed by atoms with Crippen molar-refractivity contribution < 1.29 is 18.9 Å². The molecular weight excluding hydrogens is 327 g/mol. The zero-order chi connectivity index (χ0) is 14.6. The highest BCUT2D eigenvalue weighted by atomic mass is 35.6. The Morgan fingerprint density at radius 3 is 2.50 bits per heavy atom. The molecule has 5 nitrogen and oxygen atoms in total. The van der Waals surface area contributed by atoms with E-state index < -0.39 is 15.9 Å². The lowest BCUT2D eigenvalue weighted by molar-refractivity contribution is -0.708. The molecule has 0 unspecified atom stereocenters. The Bertz CT molecular complexity index is 535. The molecule has 2 aromatic heterocycles. The van der Waals surface area contributed by atoms with Crippen molar-refractivity contribution in [2.24, 2.45) is 0 Å². The molecule has 2 rings (SSSR count). The van der Waals surface area contributed by atoms with Gasteiger partial charge in [0.15, 0.2) is 11.5 Å². The number of quaternary nitrogens is 1. The maximum Gasteiger partial charge on any atom is 0.291 e. The number of hydrogen-bond donors (Lipinski definition) is 2. The summed E-state index contributed by atoms with van der Waals surface area (Å²) in [5, 5.41) is 4.26. The molecule has 2 heterocycles. The Morgan fingerprint density at radius 1 is 1.25 bits per heavy atom. The molecule has 3 N–H and O–H groups in total. The van der Waals surface area contributed by atoms with E-state index in [9.17, 15) is 4.79 Å². The number of halogens is 3. The number of rotatable bonds is 5. The van der Waals surface area contributed by atoms with Crippen LogP contribution in [0.4, 0.5) is 0 Å². The first-order valence-corrected chi connectivity index (χ1v) is 6.87. The van der Waals surface area contributed by atoms with Crippen molar-refractivity contribution in [3.05, 3.63) is 48.3 Å². The average molecular weight is 339 g/mol. The summed E-state index contributed by atoms with van der Waals surface area (Å²) in [6, 6.07) is 6.68. The van der Waals surface area contributed by atoms with Gasteiger partial charge in [-0.25, -0.2) is 0 Å². The van der Waals surface area contributed by atoms with Crippen LogP contribution in [0.5, 0.6) is 0 Å². The van der Waals surface area contributed by atoms with Gasteiger partial charge in [-0.2, -0.15) is 0 Å². The molecule has 108 valence electrons. The topological polar surface area (TPSA) is 72.0 Å². The van der Waals surface area contributed by atoms with Crippen LogP contribution in [0, 0.1) is 0 Å². The minimum Gasteiger partial charge on any atom is -0.463 e. The molecule has 0 saturated carbocycles. The predicted octanol–water partition coefficient (Wildman–Crippen LogP) is 2.06. The van der Waals surface area contributed by atoms with Gasteiger partial charge in [-0.1, -0.05) is 34.8 Å². The highest BCUT2D eigenvalue weighted by Crippen LogP contribution is 2.27. The monoisotopic (exact) mass is 337 g/mol. The summed E-state index contributed by atoms with van der Waals surface area (Å²) >= 11 is 17.6. The van der Waals surface area contributed by atoms with E-state index >= 15 is 0 Å². The van der Waals surface area contributed by atoms with Crippen LogP contribution in [0.2, 0.25) is 0 Å². The van der Waals surface area contributed by atoms with Gasteiger partial charge in [-0.05, 0) is 24.3 Å². The minimum absolute atomic E-state index is 0.149. The van der Waals surface area contributed by atoms with Crippen molar-refractivity contribution in [3.63, 3.8) is 0 Å². The van der Waals surface area contributed by atoms with Gasteiger partial charge in [0, 0.05) is 0 Å². The first-order chi connectivity index (χ1) is 9.47. The fourth-order valence-electron chi connectivity index (χ4n) is 1.56. The summed E-state index contributed by atoms with van der Waals surface area (Å²) in [7, 11) is 0. The van der Waals surface area contributed by atoms with E-state index in [1.165, 1.54) is 12.3 Å². The SMILES string of the molecule is O=C(N[C@H]([NH2+]Cc1ccco1)C(Cl)(Cl)Cl)c1ccco1. The predicted molar refractivity (Wildman–Crippen MR) is 74.6 cm³/mol. The van der Waals surface area contributed by atoms with E-state index in [-0.39, 0.29) is 5.76 Å². The number of carbonyl (C=O) groups excluding carboxylic acids is 1. The van der Waals surface area contributed by atoms with Crippen molar-refractivity contribution >= 4 is 40.7 Å². The fourth-order valence-corrected chi connectivity index (χ4v) is 1.99. The summed E-state index contributed by atoms with van der Waals surface area (Å²) in [4.78, 5) is 11.9. The third kappa shape index (κ3) is 4.18. The molecular formula is C12H12Cl3N2O3+. The molecule has 1 atom stereocenters. The standard InChI is InChI=1S/C12H11Cl3N2O3/c13-12(14,15)11(16-7-8-3-1-5-19-8)17-10(18)9-4-2-6-20-9/h1-6,11,16H,7H2,(H,17,18)/p+1/t11-/m0/s1. The van der Waals surface area contributed by atoms with Gasteiger partial charge in [0.05, 0.1) is 12.5 Å². The lowest BCUT2D eigenvalue weighted by atomic mass is 10.4. The Morgan fingerprint density at radius 2 is 1.95 bits per heavy atom. The molecule has 0 spiro atoms. The van der Waals surface area contributed by atoms with Crippen LogP contribution in [-0.2, 0) is 6.54 Å². The number of alkyl halides is 3. The molecule has 0 aliphatic carbocycles. The van der Waals surface area contributed by atoms with Gasteiger partial charge < -0.3 is 14.2 Å². The Labute approximate surface area is 130 Å². The molecule has 0 fully saturated rings. The molecule has 0 radical (unpaired) electrons. The molecule has 8 heteroatoms. The number of furan rings is 2. The van der Waals surface area contributed by atoms with E-state index in [1.807, 2.05) is 0 Å². The van der Waals surface area contributed by atoms with Crippen molar-refractivity contribution in [3.8, 4) is 0 Å². The second-order valence-electron chi connectivity index (χ2n) is 3.99. The lowest BCUT2D eigenvalue weighted by Crippen LogP contribution is -2.95. The highest BCUT2D eigenvalue weighted by Gasteiger charge is 2.38. The summed E-state index contributed by atoms with van der Waals surface area (Å²) in [5.41, 5.74) is 0. The smallest absolute Gasteiger partial charge is 0.291 e. The summed E-state index contributed by atoms with van der Waals surface area (Å²) in [5.74, 6) is 0.397. The van der Waals surface area contributed by atoms with E-state index in [2.05, 4.69) is 5.32 Å². The van der Waals surface area contributed by atoms with Gasteiger partial charge in [0.2, 0.25) is 6.17 Å². The molecule has 0 aliphatic heterocycles. The molecule has 20 heavy (non-hydrogen) atoms. The van der Waals surface area contributed by atoms with E-state index in [0.717, 1.165) is 0 Å². The molecule has 1 amide bonds. The average Bonchev–Trinajstić information content (AvgIpc) is 3.04. The fraction of sp³-hybridized carbons (Fsp3) is 0.250. The van der Waals surface area contributed by atoms with Gasteiger partial charge >= 0.3 is 0 Å². The van der Waals surface area contributed by atoms with E-state index in [1.54, 1.807) is 29.8 Å². The third-order valence-electron chi connectivity index (χ3n) is 2.52. The van der Waals surface area contributed by atoms with Crippen molar-refractivity contribution in [1.82, 2.24) is 5.32 Å². The summed E-state index contributed by atoms with van der Waals surface area (Å²) in [6.45, 7) is 0.421. The van der Waals surface area contributed by atoms with Crippen LogP contribution in [-0.4, -0.2) is 15.9 Å². The second-order valence-corrected chi connectivity index (χ2v) is 6.36. The third-order valence-corrected chi connectivity index (χ3v) is 3.22. The maximum atomic E-state index is 11.9. The largest absolute Gasteiger partial charge is 0.463 e. The van der Waals surface area contributed by atoms with Crippen LogP contribution in [0.15, 0.2) is 45.6 Å². The number of carbonyl (C=O) groups is 1. The molecule has 0 saturated heterocycles. The van der Waals surface area contributed by atoms with E-state index in [0.29, 0.717) is 12.3 Å². The Kier molecular flexibility index (Phi) is 4.99. The zero-order valence-corrected chi connectivity index (χ0v) is 12.5. The number of nitrogens with one attached hydrogen (secondary N) is 1. The lowest BCUT2D eigenvalue weighted by Gasteiger charge is -2.22. The number of nitrogens with two attached hydrogens (primary N) is 1. The van der Waals surface area contributed by atoms with Gasteiger partial charge in [0.1, 0.15) is 6.54 Å². The van der Waals surface area contributed by atoms with Gasteiger partial charge in [-0.3, -0.25) is 10.1 Å². The van der Waals surface area contributed by atoms with Crippen LogP contribution in [0.25, 0.3) is 0 Å². The Balaban J connectivity index is 1.99. The summed E-state index contributed by atoms with van der Waals surface area (Å²) in [6.07, 6.45) is 2.16. The van der Waals surface area contributed by atoms with Gasteiger partial charge in [0.25, 0.3) is 9.70 Å². The normalized spacial score (nSPS) is 13.2. The quantitative estimate of drug-likeness (QED) is 0.647. The highest BCUT2D eigenvalue weighted by molar-refractivity contribution is 6.68. The minimum atomic E-state index is -1.67. The Hall–Kier alpha value is -1.14. The van der Waals surface area contributed by atoms with Crippen LogP contribution in [0.3, 0.4) is 0 Å². The maximum absolute atomic E-state index is 11.9. The first-order valence-electron chi connectivity index (χ1n) is 5.73. The van der Waals surface area contributed by atoms with Crippen LogP contribution < -0.4 is 10.6 Å². The van der Waals surface area contributed by atoms with E-state index in [4.69, 9.17) is 43.6 Å². The van der Waals surface area contributed by atoms with Crippen molar-refractivity contribution in [1.29, 1.82) is 0 Å². The van der Waals surface area contributed by atoms with Crippen molar-refractivity contribution in [2.45, 2.75) is 16.5 Å². The van der Waals surface area contributed by atoms with Crippen molar-refractivity contribution in [2.75, 3.05) is 0 Å². The summed E-state index contributed by atoms with van der Waals surface area (Å²) < 4.78 is 8.50. The van der Waals surface area contributed by atoms with Crippen LogP contribution >= 0.6 is 34.8 Å². The van der Waals surface area contributed by atoms with Gasteiger partial charge in [-0.15, -0.1) is 0 Å². The van der Waals surface area contributed by atoms with Crippen LogP contribution in [0.1, 0.15) is 16.3 Å². The second kappa shape index (κ2) is 6.54. The molecule has 0 bridgehead atoms.